The van der Waals surface area contributed by atoms with Gasteiger partial charge in [0.25, 0.3) is 0 Å². The van der Waals surface area contributed by atoms with E-state index in [1.807, 2.05) is 24.3 Å². The zero-order valence-electron chi connectivity index (χ0n) is 16.9. The van der Waals surface area contributed by atoms with E-state index < -0.39 is 0 Å². The zero-order valence-corrected chi connectivity index (χ0v) is 17.7. The summed E-state index contributed by atoms with van der Waals surface area (Å²) in [5.41, 5.74) is 8.71. The minimum atomic E-state index is -0.0337. The third kappa shape index (κ3) is 4.86. The van der Waals surface area contributed by atoms with Crippen molar-refractivity contribution in [1.29, 1.82) is 0 Å². The molecule has 0 spiro atoms. The average Bonchev–Trinajstić information content (AvgIpc) is 3.11. The number of benzene rings is 2. The maximum absolute atomic E-state index is 10.7. The standard InChI is InChI=1S/C23H30ClN3O2/c1-16-22(17-5-7-18(24)8-6-17)23(26-25-16)20-10-9-19(15-21(20)28)29-14-13-27-11-3-2-4-12-27/h5-10,15-16,22-23,25-26,28H,2-4,11-14H2,1H3. The number of phenolic OH excluding ortho intramolecular Hbond substituents is 1. The Morgan fingerprint density at radius 3 is 2.55 bits per heavy atom. The first-order valence-electron chi connectivity index (χ1n) is 10.6. The molecule has 0 radical (unpaired) electrons. The molecule has 0 saturated carbocycles. The van der Waals surface area contributed by atoms with Crippen molar-refractivity contribution in [3.05, 3.63) is 58.6 Å². The van der Waals surface area contributed by atoms with Crippen LogP contribution in [0.2, 0.25) is 5.02 Å². The van der Waals surface area contributed by atoms with Gasteiger partial charge in [-0.25, -0.2) is 5.43 Å². The van der Waals surface area contributed by atoms with Crippen molar-refractivity contribution in [2.75, 3.05) is 26.2 Å². The molecule has 3 N–H and O–H groups in total. The molecule has 0 amide bonds. The van der Waals surface area contributed by atoms with Gasteiger partial charge in [-0.05, 0) is 56.6 Å². The summed E-state index contributed by atoms with van der Waals surface area (Å²) < 4.78 is 5.90. The van der Waals surface area contributed by atoms with E-state index in [1.165, 1.54) is 24.8 Å². The van der Waals surface area contributed by atoms with Crippen LogP contribution in [0.3, 0.4) is 0 Å². The van der Waals surface area contributed by atoms with Gasteiger partial charge in [-0.3, -0.25) is 10.3 Å². The highest BCUT2D eigenvalue weighted by molar-refractivity contribution is 6.30. The van der Waals surface area contributed by atoms with E-state index in [0.29, 0.717) is 12.4 Å². The van der Waals surface area contributed by atoms with E-state index in [9.17, 15) is 5.11 Å². The molecule has 2 aliphatic rings. The fourth-order valence-corrected chi connectivity index (χ4v) is 4.60. The number of nitrogens with one attached hydrogen (secondary N) is 2. The molecule has 0 bridgehead atoms. The first kappa shape index (κ1) is 20.5. The molecule has 2 heterocycles. The van der Waals surface area contributed by atoms with E-state index in [-0.39, 0.29) is 23.8 Å². The van der Waals surface area contributed by atoms with Crippen molar-refractivity contribution < 1.29 is 9.84 Å². The Labute approximate surface area is 178 Å². The van der Waals surface area contributed by atoms with E-state index in [1.54, 1.807) is 6.07 Å². The van der Waals surface area contributed by atoms with Crippen LogP contribution in [0.4, 0.5) is 0 Å². The van der Waals surface area contributed by atoms with Crippen LogP contribution >= 0.6 is 11.6 Å². The van der Waals surface area contributed by atoms with Crippen LogP contribution < -0.4 is 15.6 Å². The van der Waals surface area contributed by atoms with Crippen molar-refractivity contribution in [3.8, 4) is 11.5 Å². The minimum absolute atomic E-state index is 0.0337. The molecule has 6 heteroatoms. The second-order valence-electron chi connectivity index (χ2n) is 8.10. The monoisotopic (exact) mass is 415 g/mol. The number of ether oxygens (including phenoxy) is 1. The molecule has 2 aromatic rings. The molecule has 5 nitrogen and oxygen atoms in total. The van der Waals surface area contributed by atoms with Gasteiger partial charge in [0, 0.05) is 35.2 Å². The predicted octanol–water partition coefficient (Wildman–Crippen LogP) is 4.23. The van der Waals surface area contributed by atoms with Crippen LogP contribution in [0.15, 0.2) is 42.5 Å². The number of hydrazine groups is 1. The number of rotatable bonds is 6. The lowest BCUT2D eigenvalue weighted by molar-refractivity contribution is 0.183. The number of likely N-dealkylation sites (tertiary alicyclic amines) is 1. The van der Waals surface area contributed by atoms with Crippen molar-refractivity contribution in [3.63, 3.8) is 0 Å². The highest BCUT2D eigenvalue weighted by atomic mass is 35.5. The fourth-order valence-electron chi connectivity index (χ4n) is 4.48. The van der Waals surface area contributed by atoms with Crippen LogP contribution in [-0.4, -0.2) is 42.3 Å². The normalized spacial score (nSPS) is 25.2. The fraction of sp³-hybridized carbons (Fsp3) is 0.478. The molecule has 3 unspecified atom stereocenters. The van der Waals surface area contributed by atoms with Gasteiger partial charge in [0.2, 0.25) is 0 Å². The molecule has 0 aliphatic carbocycles. The number of piperidine rings is 1. The van der Waals surface area contributed by atoms with Gasteiger partial charge < -0.3 is 9.84 Å². The van der Waals surface area contributed by atoms with Crippen molar-refractivity contribution in [2.24, 2.45) is 0 Å². The molecule has 4 rings (SSSR count). The second kappa shape index (κ2) is 9.35. The second-order valence-corrected chi connectivity index (χ2v) is 8.54. The Bertz CT molecular complexity index is 808. The van der Waals surface area contributed by atoms with Gasteiger partial charge in [-0.2, -0.15) is 0 Å². The molecular formula is C23H30ClN3O2. The summed E-state index contributed by atoms with van der Waals surface area (Å²) in [5.74, 6) is 1.15. The minimum Gasteiger partial charge on any atom is -0.507 e. The Morgan fingerprint density at radius 2 is 1.83 bits per heavy atom. The molecule has 2 fully saturated rings. The summed E-state index contributed by atoms with van der Waals surface area (Å²) in [6.45, 7) is 6.05. The van der Waals surface area contributed by atoms with Crippen molar-refractivity contribution in [1.82, 2.24) is 15.8 Å². The summed E-state index contributed by atoms with van der Waals surface area (Å²) in [6.07, 6.45) is 3.91. The van der Waals surface area contributed by atoms with Gasteiger partial charge in [0.1, 0.15) is 18.1 Å². The lowest BCUT2D eigenvalue weighted by Gasteiger charge is -2.26. The summed E-state index contributed by atoms with van der Waals surface area (Å²) in [6, 6.07) is 13.8. The Kier molecular flexibility index (Phi) is 6.60. The first-order chi connectivity index (χ1) is 14.1. The first-order valence-corrected chi connectivity index (χ1v) is 10.9. The van der Waals surface area contributed by atoms with Crippen LogP contribution in [0.1, 0.15) is 49.3 Å². The maximum atomic E-state index is 10.7. The summed E-state index contributed by atoms with van der Waals surface area (Å²) in [4.78, 5) is 2.45. The lowest BCUT2D eigenvalue weighted by Crippen LogP contribution is -2.33. The van der Waals surface area contributed by atoms with E-state index in [0.717, 1.165) is 30.2 Å². The molecule has 3 atom stereocenters. The van der Waals surface area contributed by atoms with Gasteiger partial charge in [0.05, 0.1) is 6.04 Å². The van der Waals surface area contributed by atoms with Crippen LogP contribution in [0.25, 0.3) is 0 Å². The summed E-state index contributed by atoms with van der Waals surface area (Å²) >= 11 is 6.05. The summed E-state index contributed by atoms with van der Waals surface area (Å²) in [5, 5.41) is 11.4. The molecule has 0 aromatic heterocycles. The van der Waals surface area contributed by atoms with Crippen molar-refractivity contribution >= 4 is 11.6 Å². The van der Waals surface area contributed by atoms with E-state index >= 15 is 0 Å². The zero-order chi connectivity index (χ0) is 20.2. The average molecular weight is 416 g/mol. The van der Waals surface area contributed by atoms with Gasteiger partial charge in [0.15, 0.2) is 0 Å². The van der Waals surface area contributed by atoms with Gasteiger partial charge in [-0.1, -0.05) is 36.2 Å². The topological polar surface area (TPSA) is 56.8 Å². The molecule has 2 aromatic carbocycles. The number of halogens is 1. The molecule has 2 saturated heterocycles. The van der Waals surface area contributed by atoms with Gasteiger partial charge in [-0.15, -0.1) is 0 Å². The third-order valence-electron chi connectivity index (χ3n) is 6.08. The van der Waals surface area contributed by atoms with Crippen molar-refractivity contribution in [2.45, 2.75) is 44.2 Å². The molecular weight excluding hydrogens is 386 g/mol. The summed E-state index contributed by atoms with van der Waals surface area (Å²) in [7, 11) is 0. The quantitative estimate of drug-likeness (QED) is 0.659. The maximum Gasteiger partial charge on any atom is 0.124 e. The number of hydrogen-bond donors (Lipinski definition) is 3. The lowest BCUT2D eigenvalue weighted by atomic mass is 9.84. The molecule has 2 aliphatic heterocycles. The number of hydrogen-bond acceptors (Lipinski definition) is 5. The number of nitrogens with zero attached hydrogens (tertiary/aromatic N) is 1. The Morgan fingerprint density at radius 1 is 1.07 bits per heavy atom. The SMILES string of the molecule is CC1NNC(c2ccc(OCCN3CCCCC3)cc2O)C1c1ccc(Cl)cc1. The third-order valence-corrected chi connectivity index (χ3v) is 6.33. The van der Waals surface area contributed by atoms with Crippen LogP contribution in [-0.2, 0) is 0 Å². The molecule has 29 heavy (non-hydrogen) atoms. The highest BCUT2D eigenvalue weighted by Crippen LogP contribution is 2.41. The molecule has 156 valence electrons. The highest BCUT2D eigenvalue weighted by Gasteiger charge is 2.36. The van der Waals surface area contributed by atoms with E-state index in [4.69, 9.17) is 16.3 Å². The van der Waals surface area contributed by atoms with Gasteiger partial charge >= 0.3 is 0 Å². The Hall–Kier alpha value is -1.79. The smallest absolute Gasteiger partial charge is 0.124 e. The van der Waals surface area contributed by atoms with Crippen LogP contribution in [0, 0.1) is 0 Å². The number of aromatic hydroxyl groups is 1. The largest absolute Gasteiger partial charge is 0.507 e. The Balaban J connectivity index is 1.43. The van der Waals surface area contributed by atoms with E-state index in [2.05, 4.69) is 34.8 Å². The predicted molar refractivity (Wildman–Crippen MR) is 117 cm³/mol. The number of phenols is 1. The van der Waals surface area contributed by atoms with Crippen LogP contribution in [0.5, 0.6) is 11.5 Å².